The molecule has 1 aliphatic heterocycles. The maximum absolute atomic E-state index is 14.3. The number of halogens is 1. The second-order valence-corrected chi connectivity index (χ2v) is 6.81. The number of anilines is 2. The van der Waals surface area contributed by atoms with E-state index in [-0.39, 0.29) is 11.7 Å². The van der Waals surface area contributed by atoms with Crippen LogP contribution in [0.15, 0.2) is 67.1 Å². The molecule has 1 fully saturated rings. The van der Waals surface area contributed by atoms with E-state index in [2.05, 4.69) is 20.2 Å². The summed E-state index contributed by atoms with van der Waals surface area (Å²) in [5.74, 6) is 0.505. The van der Waals surface area contributed by atoms with Crippen LogP contribution in [0.2, 0.25) is 0 Å². The maximum Gasteiger partial charge on any atom is 0.248 e. The molecule has 0 unspecified atom stereocenters. The van der Waals surface area contributed by atoms with E-state index in [9.17, 15) is 9.18 Å². The second kappa shape index (κ2) is 9.82. The van der Waals surface area contributed by atoms with Gasteiger partial charge in [-0.1, -0.05) is 6.07 Å². The highest BCUT2D eigenvalue weighted by Crippen LogP contribution is 2.25. The van der Waals surface area contributed by atoms with Crippen LogP contribution in [-0.2, 0) is 9.53 Å². The fourth-order valence-corrected chi connectivity index (χ4v) is 3.03. The van der Waals surface area contributed by atoms with Crippen molar-refractivity contribution in [2.45, 2.75) is 0 Å². The number of amides is 1. The van der Waals surface area contributed by atoms with Gasteiger partial charge < -0.3 is 19.7 Å². The van der Waals surface area contributed by atoms with Crippen molar-refractivity contribution in [1.82, 2.24) is 9.97 Å². The summed E-state index contributed by atoms with van der Waals surface area (Å²) >= 11 is 0. The molecule has 1 N–H and O–H groups in total. The van der Waals surface area contributed by atoms with E-state index in [0.29, 0.717) is 30.2 Å². The van der Waals surface area contributed by atoms with E-state index in [4.69, 9.17) is 9.47 Å². The summed E-state index contributed by atoms with van der Waals surface area (Å²) in [5, 5.41) is 2.74. The molecule has 1 aromatic carbocycles. The fraction of sp³-hybridized carbons (Fsp3) is 0.174. The van der Waals surface area contributed by atoms with E-state index >= 15 is 0 Å². The number of benzene rings is 1. The van der Waals surface area contributed by atoms with Crippen LogP contribution in [0.3, 0.4) is 0 Å². The maximum atomic E-state index is 14.3. The van der Waals surface area contributed by atoms with E-state index in [1.807, 2.05) is 6.07 Å². The highest BCUT2D eigenvalue weighted by atomic mass is 19.1. The first-order chi connectivity index (χ1) is 15.2. The highest BCUT2D eigenvalue weighted by Gasteiger charge is 2.12. The molecule has 0 spiro atoms. The third-order valence-corrected chi connectivity index (χ3v) is 4.60. The minimum atomic E-state index is -0.533. The van der Waals surface area contributed by atoms with Crippen LogP contribution in [-0.4, -0.2) is 42.2 Å². The van der Waals surface area contributed by atoms with Crippen LogP contribution < -0.4 is 15.0 Å². The molecule has 0 atom stereocenters. The lowest BCUT2D eigenvalue weighted by molar-refractivity contribution is -0.111. The van der Waals surface area contributed by atoms with Gasteiger partial charge >= 0.3 is 0 Å². The highest BCUT2D eigenvalue weighted by molar-refractivity contribution is 6.01. The zero-order valence-corrected chi connectivity index (χ0v) is 16.7. The Labute approximate surface area is 179 Å². The minimum absolute atomic E-state index is 0.0843. The molecule has 2 aromatic heterocycles. The Kier molecular flexibility index (Phi) is 6.49. The van der Waals surface area contributed by atoms with Crippen LogP contribution >= 0.6 is 0 Å². The summed E-state index contributed by atoms with van der Waals surface area (Å²) in [6, 6.07) is 11.5. The molecule has 4 rings (SSSR count). The van der Waals surface area contributed by atoms with E-state index in [1.165, 1.54) is 30.5 Å². The largest absolute Gasteiger partial charge is 0.453 e. The van der Waals surface area contributed by atoms with Crippen molar-refractivity contribution in [3.05, 3.63) is 78.5 Å². The topological polar surface area (TPSA) is 76.6 Å². The molecule has 0 bridgehead atoms. The van der Waals surface area contributed by atoms with Gasteiger partial charge in [0.25, 0.3) is 0 Å². The third kappa shape index (κ3) is 5.64. The van der Waals surface area contributed by atoms with Crippen LogP contribution in [0.5, 0.6) is 11.5 Å². The lowest BCUT2D eigenvalue weighted by Crippen LogP contribution is -2.36. The van der Waals surface area contributed by atoms with Gasteiger partial charge in [0.1, 0.15) is 11.6 Å². The van der Waals surface area contributed by atoms with E-state index in [0.717, 1.165) is 18.9 Å². The summed E-state index contributed by atoms with van der Waals surface area (Å²) < 4.78 is 25.1. The number of ether oxygens (including phenoxy) is 2. The minimum Gasteiger partial charge on any atom is -0.453 e. The average Bonchev–Trinajstić information content (AvgIpc) is 2.81. The third-order valence-electron chi connectivity index (χ3n) is 4.60. The monoisotopic (exact) mass is 420 g/mol. The lowest BCUT2D eigenvalue weighted by Gasteiger charge is -2.27. The summed E-state index contributed by atoms with van der Waals surface area (Å²) in [4.78, 5) is 22.6. The summed E-state index contributed by atoms with van der Waals surface area (Å²) in [7, 11) is 0. The van der Waals surface area contributed by atoms with Gasteiger partial charge in [-0.15, -0.1) is 0 Å². The molecule has 0 radical (unpaired) electrons. The molecule has 1 amide bonds. The number of nitrogens with one attached hydrogen (secondary N) is 1. The standard InChI is InChI=1S/C23H21FN4O3/c24-20-14-17(3-6-21(20)31-19-2-1-9-25-16-19)4-8-23(29)27-18-5-7-22(26-15-18)28-10-12-30-13-11-28/h1-9,14-16H,10-13H2,(H,27,29)/b8-4+. The van der Waals surface area contributed by atoms with Crippen molar-refractivity contribution in [1.29, 1.82) is 0 Å². The summed E-state index contributed by atoms with van der Waals surface area (Å²) in [6.07, 6.45) is 7.59. The first-order valence-corrected chi connectivity index (χ1v) is 9.83. The van der Waals surface area contributed by atoms with Gasteiger partial charge in [0.15, 0.2) is 11.6 Å². The van der Waals surface area contributed by atoms with Crippen molar-refractivity contribution >= 4 is 23.5 Å². The Hall–Kier alpha value is -3.78. The van der Waals surface area contributed by atoms with Gasteiger partial charge in [-0.2, -0.15) is 0 Å². The molecule has 7 nitrogen and oxygen atoms in total. The van der Waals surface area contributed by atoms with Gasteiger partial charge in [-0.25, -0.2) is 9.37 Å². The molecule has 3 heterocycles. The van der Waals surface area contributed by atoms with Gasteiger partial charge in [0, 0.05) is 25.4 Å². The predicted octanol–water partition coefficient (Wildman–Crippen LogP) is 3.90. The second-order valence-electron chi connectivity index (χ2n) is 6.81. The number of nitrogens with zero attached hydrogens (tertiary/aromatic N) is 3. The number of aromatic nitrogens is 2. The number of morpholine rings is 1. The molecule has 31 heavy (non-hydrogen) atoms. The molecule has 0 aliphatic carbocycles. The predicted molar refractivity (Wildman–Crippen MR) is 116 cm³/mol. The average molecular weight is 420 g/mol. The quantitative estimate of drug-likeness (QED) is 0.610. The number of carbonyl (C=O) groups excluding carboxylic acids is 1. The molecule has 8 heteroatoms. The Morgan fingerprint density at radius 2 is 2.03 bits per heavy atom. The smallest absolute Gasteiger partial charge is 0.248 e. The molecule has 0 saturated carbocycles. The first-order valence-electron chi connectivity index (χ1n) is 9.83. The van der Waals surface area contributed by atoms with Crippen molar-refractivity contribution < 1.29 is 18.7 Å². The van der Waals surface area contributed by atoms with Gasteiger partial charge in [-0.05, 0) is 48.0 Å². The molecule has 3 aromatic rings. The normalized spacial score (nSPS) is 13.9. The van der Waals surface area contributed by atoms with Crippen LogP contribution in [0.25, 0.3) is 6.08 Å². The van der Waals surface area contributed by atoms with Gasteiger partial charge in [0.05, 0.1) is 31.3 Å². The van der Waals surface area contributed by atoms with Crippen LogP contribution in [0.4, 0.5) is 15.9 Å². The SMILES string of the molecule is O=C(/C=C/c1ccc(Oc2cccnc2)c(F)c1)Nc1ccc(N2CCOCC2)nc1. The Balaban J connectivity index is 1.34. The molecule has 158 valence electrons. The Bertz CT molecular complexity index is 1050. The van der Waals surface area contributed by atoms with Crippen LogP contribution in [0.1, 0.15) is 5.56 Å². The summed E-state index contributed by atoms with van der Waals surface area (Å²) in [6.45, 7) is 2.96. The summed E-state index contributed by atoms with van der Waals surface area (Å²) in [5.41, 5.74) is 1.12. The first kappa shape index (κ1) is 20.5. The number of rotatable bonds is 6. The zero-order valence-electron chi connectivity index (χ0n) is 16.7. The van der Waals surface area contributed by atoms with Crippen molar-refractivity contribution in [2.75, 3.05) is 36.5 Å². The Morgan fingerprint density at radius 1 is 1.16 bits per heavy atom. The molecule has 1 saturated heterocycles. The number of hydrogen-bond acceptors (Lipinski definition) is 6. The van der Waals surface area contributed by atoms with Gasteiger partial charge in [0.2, 0.25) is 5.91 Å². The number of hydrogen-bond donors (Lipinski definition) is 1. The number of pyridine rings is 2. The fourth-order valence-electron chi connectivity index (χ4n) is 3.03. The van der Waals surface area contributed by atoms with E-state index in [1.54, 1.807) is 36.7 Å². The molecular weight excluding hydrogens is 399 g/mol. The van der Waals surface area contributed by atoms with Crippen LogP contribution in [0, 0.1) is 5.82 Å². The van der Waals surface area contributed by atoms with Crippen molar-refractivity contribution in [3.63, 3.8) is 0 Å². The Morgan fingerprint density at radius 3 is 2.74 bits per heavy atom. The molecular formula is C23H21FN4O3. The zero-order chi connectivity index (χ0) is 21.5. The lowest BCUT2D eigenvalue weighted by atomic mass is 10.2. The van der Waals surface area contributed by atoms with E-state index < -0.39 is 5.82 Å². The molecule has 1 aliphatic rings. The van der Waals surface area contributed by atoms with Gasteiger partial charge in [-0.3, -0.25) is 9.78 Å². The van der Waals surface area contributed by atoms with Crippen molar-refractivity contribution in [3.8, 4) is 11.5 Å². The number of carbonyl (C=O) groups is 1. The van der Waals surface area contributed by atoms with Crippen molar-refractivity contribution in [2.24, 2.45) is 0 Å².